The Hall–Kier alpha value is -0.770. The molecule has 0 spiro atoms. The number of anilines is 1. The number of carbonyl (C=O) groups excluding carboxylic acids is 1. The minimum absolute atomic E-state index is 0.0272. The van der Waals surface area contributed by atoms with Crippen LogP contribution in [0.1, 0.15) is 26.2 Å². The number of amides is 1. The van der Waals surface area contributed by atoms with Gasteiger partial charge in [0, 0.05) is 5.69 Å². The van der Waals surface area contributed by atoms with Crippen LogP contribution in [0.15, 0.2) is 18.2 Å². The van der Waals surface area contributed by atoms with E-state index in [0.29, 0.717) is 15.7 Å². The number of piperidine rings is 1. The van der Waals surface area contributed by atoms with E-state index in [-0.39, 0.29) is 5.91 Å². The van der Waals surface area contributed by atoms with Crippen LogP contribution in [0.4, 0.5) is 5.69 Å². The summed E-state index contributed by atoms with van der Waals surface area (Å²) in [6, 6.07) is 5.09. The lowest BCUT2D eigenvalue weighted by Gasteiger charge is -2.33. The fourth-order valence-corrected chi connectivity index (χ4v) is 2.39. The monoisotopic (exact) mass is 286 g/mol. The van der Waals surface area contributed by atoms with Crippen molar-refractivity contribution in [2.45, 2.75) is 31.7 Å². The van der Waals surface area contributed by atoms with Gasteiger partial charge in [0.2, 0.25) is 5.91 Å². The molecule has 1 unspecified atom stereocenters. The predicted octanol–water partition coefficient (Wildman–Crippen LogP) is 3.46. The van der Waals surface area contributed by atoms with E-state index in [1.165, 1.54) is 0 Å². The number of hydrogen-bond donors (Lipinski definition) is 2. The molecule has 5 heteroatoms. The van der Waals surface area contributed by atoms with E-state index in [1.54, 1.807) is 18.2 Å². The van der Waals surface area contributed by atoms with Crippen LogP contribution >= 0.6 is 23.2 Å². The van der Waals surface area contributed by atoms with Gasteiger partial charge in [-0.2, -0.15) is 0 Å². The standard InChI is InChI=1S/C13H16Cl2N2O/c1-13(6-2-3-7-16-13)12(18)17-9-4-5-10(14)11(15)8-9/h4-5,8,16H,2-3,6-7H2,1H3,(H,17,18). The van der Waals surface area contributed by atoms with Crippen molar-refractivity contribution in [1.82, 2.24) is 5.32 Å². The summed E-state index contributed by atoms with van der Waals surface area (Å²) in [4.78, 5) is 12.2. The average Bonchev–Trinajstić information content (AvgIpc) is 2.35. The fraction of sp³-hybridized carbons (Fsp3) is 0.462. The molecule has 2 rings (SSSR count). The Balaban J connectivity index is 2.08. The minimum Gasteiger partial charge on any atom is -0.324 e. The van der Waals surface area contributed by atoms with E-state index in [2.05, 4.69) is 10.6 Å². The van der Waals surface area contributed by atoms with Crippen molar-refractivity contribution in [3.8, 4) is 0 Å². The number of hydrogen-bond acceptors (Lipinski definition) is 2. The lowest BCUT2D eigenvalue weighted by Crippen LogP contribution is -2.54. The first-order valence-corrected chi connectivity index (χ1v) is 6.78. The van der Waals surface area contributed by atoms with Gasteiger partial charge in [-0.15, -0.1) is 0 Å². The SMILES string of the molecule is CC1(C(=O)Nc2ccc(Cl)c(Cl)c2)CCCCN1. The summed E-state index contributed by atoms with van der Waals surface area (Å²) in [5.41, 5.74) is 0.174. The van der Waals surface area contributed by atoms with Crippen LogP contribution in [0.25, 0.3) is 0 Å². The zero-order valence-electron chi connectivity index (χ0n) is 10.2. The molecule has 1 aliphatic rings. The number of carbonyl (C=O) groups is 1. The van der Waals surface area contributed by atoms with Crippen molar-refractivity contribution < 1.29 is 4.79 Å². The molecule has 18 heavy (non-hydrogen) atoms. The van der Waals surface area contributed by atoms with Crippen LogP contribution in [-0.4, -0.2) is 18.0 Å². The molecule has 1 aliphatic heterocycles. The van der Waals surface area contributed by atoms with Gasteiger partial charge in [0.1, 0.15) is 0 Å². The first-order valence-electron chi connectivity index (χ1n) is 6.03. The van der Waals surface area contributed by atoms with Gasteiger partial charge in [-0.3, -0.25) is 4.79 Å². The molecule has 1 heterocycles. The Morgan fingerprint density at radius 2 is 2.11 bits per heavy atom. The largest absolute Gasteiger partial charge is 0.324 e. The molecule has 1 fully saturated rings. The van der Waals surface area contributed by atoms with E-state index in [0.717, 1.165) is 25.8 Å². The van der Waals surface area contributed by atoms with Crippen molar-refractivity contribution in [2.24, 2.45) is 0 Å². The Kier molecular flexibility index (Phi) is 4.15. The van der Waals surface area contributed by atoms with Crippen molar-refractivity contribution in [2.75, 3.05) is 11.9 Å². The molecule has 1 atom stereocenters. The summed E-state index contributed by atoms with van der Waals surface area (Å²) < 4.78 is 0. The van der Waals surface area contributed by atoms with E-state index in [1.807, 2.05) is 6.92 Å². The Bertz CT molecular complexity index is 456. The van der Waals surface area contributed by atoms with Gasteiger partial charge < -0.3 is 10.6 Å². The molecule has 1 saturated heterocycles. The van der Waals surface area contributed by atoms with Gasteiger partial charge in [-0.25, -0.2) is 0 Å². The molecule has 1 amide bonds. The molecule has 3 nitrogen and oxygen atoms in total. The second-order valence-corrected chi connectivity index (χ2v) is 5.61. The van der Waals surface area contributed by atoms with Gasteiger partial charge in [-0.1, -0.05) is 23.2 Å². The van der Waals surface area contributed by atoms with Crippen molar-refractivity contribution in [3.05, 3.63) is 28.2 Å². The van der Waals surface area contributed by atoms with Crippen LogP contribution in [0.5, 0.6) is 0 Å². The van der Waals surface area contributed by atoms with Gasteiger partial charge in [0.25, 0.3) is 0 Å². The summed E-state index contributed by atoms with van der Waals surface area (Å²) in [6.07, 6.45) is 3.04. The lowest BCUT2D eigenvalue weighted by molar-refractivity contribution is -0.122. The van der Waals surface area contributed by atoms with Crippen LogP contribution in [0.3, 0.4) is 0 Å². The molecule has 0 aromatic heterocycles. The summed E-state index contributed by atoms with van der Waals surface area (Å²) >= 11 is 11.8. The van der Waals surface area contributed by atoms with Crippen molar-refractivity contribution in [3.63, 3.8) is 0 Å². The second kappa shape index (κ2) is 5.47. The highest BCUT2D eigenvalue weighted by Gasteiger charge is 2.34. The Labute approximate surface area is 117 Å². The van der Waals surface area contributed by atoms with Crippen LogP contribution in [-0.2, 0) is 4.79 Å². The van der Waals surface area contributed by atoms with Gasteiger partial charge in [-0.05, 0) is 50.9 Å². The minimum atomic E-state index is -0.496. The normalized spacial score (nSPS) is 23.7. The zero-order chi connectivity index (χ0) is 13.2. The molecule has 0 bridgehead atoms. The Morgan fingerprint density at radius 1 is 1.33 bits per heavy atom. The molecular weight excluding hydrogens is 271 g/mol. The first kappa shape index (κ1) is 13.7. The topological polar surface area (TPSA) is 41.1 Å². The van der Waals surface area contributed by atoms with E-state index >= 15 is 0 Å². The number of nitrogens with one attached hydrogen (secondary N) is 2. The maximum Gasteiger partial charge on any atom is 0.244 e. The molecular formula is C13H16Cl2N2O. The molecule has 0 radical (unpaired) electrons. The van der Waals surface area contributed by atoms with Gasteiger partial charge in [0.05, 0.1) is 15.6 Å². The van der Waals surface area contributed by atoms with E-state index < -0.39 is 5.54 Å². The highest BCUT2D eigenvalue weighted by atomic mass is 35.5. The summed E-state index contributed by atoms with van der Waals surface area (Å²) in [7, 11) is 0. The van der Waals surface area contributed by atoms with Crippen molar-refractivity contribution >= 4 is 34.8 Å². The van der Waals surface area contributed by atoms with E-state index in [9.17, 15) is 4.79 Å². The fourth-order valence-electron chi connectivity index (χ4n) is 2.09. The summed E-state index contributed by atoms with van der Waals surface area (Å²) in [5.74, 6) is -0.0272. The number of rotatable bonds is 2. The van der Waals surface area contributed by atoms with Crippen LogP contribution in [0, 0.1) is 0 Å². The van der Waals surface area contributed by atoms with E-state index in [4.69, 9.17) is 23.2 Å². The molecule has 0 aliphatic carbocycles. The maximum atomic E-state index is 12.2. The van der Waals surface area contributed by atoms with Crippen LogP contribution in [0.2, 0.25) is 10.0 Å². The lowest BCUT2D eigenvalue weighted by atomic mass is 9.90. The smallest absolute Gasteiger partial charge is 0.244 e. The van der Waals surface area contributed by atoms with Crippen molar-refractivity contribution in [1.29, 1.82) is 0 Å². The molecule has 1 aromatic rings. The molecule has 1 aromatic carbocycles. The van der Waals surface area contributed by atoms with Gasteiger partial charge in [0.15, 0.2) is 0 Å². The highest BCUT2D eigenvalue weighted by molar-refractivity contribution is 6.42. The quantitative estimate of drug-likeness (QED) is 0.874. The summed E-state index contributed by atoms with van der Waals surface area (Å²) in [6.45, 7) is 2.81. The highest BCUT2D eigenvalue weighted by Crippen LogP contribution is 2.26. The number of benzene rings is 1. The second-order valence-electron chi connectivity index (χ2n) is 4.80. The van der Waals surface area contributed by atoms with Crippen LogP contribution < -0.4 is 10.6 Å². The van der Waals surface area contributed by atoms with Gasteiger partial charge >= 0.3 is 0 Å². The Morgan fingerprint density at radius 3 is 2.72 bits per heavy atom. The first-order chi connectivity index (χ1) is 8.51. The maximum absolute atomic E-state index is 12.2. The molecule has 2 N–H and O–H groups in total. The zero-order valence-corrected chi connectivity index (χ0v) is 11.7. The average molecular weight is 287 g/mol. The third-order valence-electron chi connectivity index (χ3n) is 3.30. The predicted molar refractivity (Wildman–Crippen MR) is 75.4 cm³/mol. The third-order valence-corrected chi connectivity index (χ3v) is 4.04. The third kappa shape index (κ3) is 2.97. The number of halogens is 2. The molecule has 98 valence electrons. The molecule has 0 saturated carbocycles. The summed E-state index contributed by atoms with van der Waals surface area (Å²) in [5, 5.41) is 7.07.